The van der Waals surface area contributed by atoms with Crippen molar-refractivity contribution < 1.29 is 4.79 Å². The summed E-state index contributed by atoms with van der Waals surface area (Å²) < 4.78 is 0. The number of carbonyl (C=O) groups excluding carboxylic acids is 1. The van der Waals surface area contributed by atoms with Crippen LogP contribution in [0.5, 0.6) is 0 Å². The van der Waals surface area contributed by atoms with Gasteiger partial charge < -0.3 is 9.80 Å². The van der Waals surface area contributed by atoms with Crippen molar-refractivity contribution in [3.8, 4) is 0 Å². The third kappa shape index (κ3) is 3.75. The van der Waals surface area contributed by atoms with Crippen LogP contribution in [-0.2, 0) is 4.79 Å². The third-order valence-electron chi connectivity index (χ3n) is 7.82. The molecule has 1 fully saturated rings. The van der Waals surface area contributed by atoms with Gasteiger partial charge in [-0.15, -0.1) is 0 Å². The molecule has 5 rings (SSSR count). The quantitative estimate of drug-likeness (QED) is 0.427. The topological polar surface area (TPSA) is 35.9 Å². The van der Waals surface area contributed by atoms with Gasteiger partial charge in [-0.1, -0.05) is 68.3 Å². The number of aliphatic imine (C=N–C) groups is 1. The fourth-order valence-corrected chi connectivity index (χ4v) is 7.28. The number of amidine groups is 1. The van der Waals surface area contributed by atoms with Crippen LogP contribution in [0, 0.1) is 11.3 Å². The van der Waals surface area contributed by atoms with E-state index in [4.69, 9.17) is 28.2 Å². The van der Waals surface area contributed by atoms with E-state index >= 15 is 0 Å². The summed E-state index contributed by atoms with van der Waals surface area (Å²) in [5.74, 6) is 0.335. The van der Waals surface area contributed by atoms with Gasteiger partial charge in [0, 0.05) is 34.3 Å². The molecule has 3 aliphatic heterocycles. The highest BCUT2D eigenvalue weighted by molar-refractivity contribution is 8.18. The summed E-state index contributed by atoms with van der Waals surface area (Å²) in [7, 11) is 0. The molecule has 3 atom stereocenters. The van der Waals surface area contributed by atoms with Crippen LogP contribution < -0.4 is 0 Å². The first kappa shape index (κ1) is 24.0. The summed E-state index contributed by atoms with van der Waals surface area (Å²) in [5.41, 5.74) is 1.53. The number of halogens is 2. The lowest BCUT2D eigenvalue weighted by atomic mass is 9.63. The number of fused-ring (bicyclic) bond motifs is 1. The molecule has 0 bridgehead atoms. The average molecular weight is 517 g/mol. The number of rotatable bonds is 4. The molecule has 0 N–H and O–H groups in total. The maximum Gasteiger partial charge on any atom is 0.262 e. The standard InChI is InChI=1S/C27H31Cl2N3OS/c1-17(2)21-22(24(33)31-15-5-6-16-31)34-25-30-27(4,26(3)13-11-20(29)12-14-26)23(32(21)25)18-7-9-19(28)10-8-18/h7-13,17,23H,5-6,14-16H2,1-4H3. The smallest absolute Gasteiger partial charge is 0.262 e. The lowest BCUT2D eigenvalue weighted by molar-refractivity contribution is -0.125. The Hall–Kier alpha value is -1.69. The lowest BCUT2D eigenvalue weighted by Gasteiger charge is -2.47. The van der Waals surface area contributed by atoms with Crippen LogP contribution in [0.3, 0.4) is 0 Å². The van der Waals surface area contributed by atoms with E-state index in [1.54, 1.807) is 11.8 Å². The fraction of sp³-hybridized carbons (Fsp3) is 0.481. The van der Waals surface area contributed by atoms with Gasteiger partial charge in [0.2, 0.25) is 0 Å². The molecule has 0 radical (unpaired) electrons. The first-order chi connectivity index (χ1) is 16.1. The Balaban J connectivity index is 1.64. The van der Waals surface area contributed by atoms with Crippen molar-refractivity contribution in [1.82, 2.24) is 9.80 Å². The molecule has 1 amide bonds. The van der Waals surface area contributed by atoms with Crippen molar-refractivity contribution in [3.05, 3.63) is 68.7 Å². The second-order valence-corrected chi connectivity index (χ2v) is 12.2. The number of likely N-dealkylation sites (tertiary alicyclic amines) is 1. The maximum absolute atomic E-state index is 13.6. The zero-order chi connectivity index (χ0) is 24.3. The molecule has 3 unspecified atom stereocenters. The molecule has 34 heavy (non-hydrogen) atoms. The number of hydrogen-bond donors (Lipinski definition) is 0. The minimum Gasteiger partial charge on any atom is -0.338 e. The van der Waals surface area contributed by atoms with Crippen LogP contribution in [0.25, 0.3) is 0 Å². The molecule has 1 saturated heterocycles. The SMILES string of the molecule is CC(C)C1=C(C(=O)N2CCCC2)SC2=NC(C)(C3(C)C=CC(Cl)=CC3)C(c3ccc(Cl)cc3)N21. The summed E-state index contributed by atoms with van der Waals surface area (Å²) in [4.78, 5) is 24.2. The Kier molecular flexibility index (Phi) is 6.19. The lowest BCUT2D eigenvalue weighted by Crippen LogP contribution is -2.48. The summed E-state index contributed by atoms with van der Waals surface area (Å²) in [6, 6.07) is 8.04. The maximum atomic E-state index is 13.6. The van der Waals surface area contributed by atoms with Crippen LogP contribution in [0.15, 0.2) is 63.1 Å². The second-order valence-electron chi connectivity index (χ2n) is 10.4. The van der Waals surface area contributed by atoms with Crippen LogP contribution in [0.2, 0.25) is 5.02 Å². The molecule has 180 valence electrons. The van der Waals surface area contributed by atoms with E-state index in [0.717, 1.165) is 58.7 Å². The van der Waals surface area contributed by atoms with E-state index in [-0.39, 0.29) is 23.3 Å². The van der Waals surface area contributed by atoms with Gasteiger partial charge in [0.05, 0.1) is 11.6 Å². The summed E-state index contributed by atoms with van der Waals surface area (Å²) in [6.07, 6.45) is 9.26. The molecule has 1 aromatic carbocycles. The predicted octanol–water partition coefficient (Wildman–Crippen LogP) is 7.14. The van der Waals surface area contributed by atoms with Gasteiger partial charge >= 0.3 is 0 Å². The molecule has 1 aromatic rings. The molecule has 3 heterocycles. The van der Waals surface area contributed by atoms with Crippen LogP contribution in [0.1, 0.15) is 58.6 Å². The van der Waals surface area contributed by atoms with Gasteiger partial charge in [-0.2, -0.15) is 0 Å². The number of hydrogen-bond acceptors (Lipinski definition) is 4. The van der Waals surface area contributed by atoms with E-state index in [1.807, 2.05) is 23.1 Å². The average Bonchev–Trinajstić information content (AvgIpc) is 3.51. The molecule has 0 saturated carbocycles. The van der Waals surface area contributed by atoms with E-state index in [1.165, 1.54) is 0 Å². The number of carbonyl (C=O) groups is 1. The van der Waals surface area contributed by atoms with E-state index in [0.29, 0.717) is 5.02 Å². The molecule has 4 nitrogen and oxygen atoms in total. The molecule has 4 aliphatic rings. The Morgan fingerprint density at radius 1 is 1.15 bits per heavy atom. The van der Waals surface area contributed by atoms with E-state index in [9.17, 15) is 4.79 Å². The Labute approximate surface area is 216 Å². The number of nitrogens with zero attached hydrogens (tertiary/aromatic N) is 3. The van der Waals surface area contributed by atoms with Crippen molar-refractivity contribution >= 4 is 46.0 Å². The number of benzene rings is 1. The van der Waals surface area contributed by atoms with Gasteiger partial charge in [0.25, 0.3) is 5.91 Å². The molecule has 7 heteroatoms. The highest BCUT2D eigenvalue weighted by atomic mass is 35.5. The van der Waals surface area contributed by atoms with Crippen molar-refractivity contribution in [2.75, 3.05) is 13.1 Å². The summed E-state index contributed by atoms with van der Waals surface area (Å²) in [6.45, 7) is 10.5. The van der Waals surface area contributed by atoms with E-state index < -0.39 is 5.54 Å². The van der Waals surface area contributed by atoms with Crippen molar-refractivity contribution in [2.45, 2.75) is 58.5 Å². The van der Waals surface area contributed by atoms with Crippen LogP contribution in [0.4, 0.5) is 0 Å². The summed E-state index contributed by atoms with van der Waals surface area (Å²) >= 11 is 14.1. The van der Waals surface area contributed by atoms with Gasteiger partial charge in [0.1, 0.15) is 4.91 Å². The predicted molar refractivity (Wildman–Crippen MR) is 143 cm³/mol. The molecule has 1 aliphatic carbocycles. The number of thioether (sulfide) groups is 1. The van der Waals surface area contributed by atoms with Gasteiger partial charge in [-0.25, -0.2) is 0 Å². The Bertz CT molecular complexity index is 1130. The van der Waals surface area contributed by atoms with Gasteiger partial charge in [0.15, 0.2) is 5.17 Å². The van der Waals surface area contributed by atoms with E-state index in [2.05, 4.69) is 56.9 Å². The second kappa shape index (κ2) is 8.76. The molecule has 0 spiro atoms. The zero-order valence-electron chi connectivity index (χ0n) is 20.1. The molecular weight excluding hydrogens is 485 g/mol. The number of amides is 1. The fourth-order valence-electron chi connectivity index (χ4n) is 5.64. The molecular formula is C27H31Cl2N3OS. The van der Waals surface area contributed by atoms with Gasteiger partial charge in [-0.3, -0.25) is 9.79 Å². The van der Waals surface area contributed by atoms with Crippen molar-refractivity contribution in [2.24, 2.45) is 16.3 Å². The highest BCUT2D eigenvalue weighted by Crippen LogP contribution is 2.59. The Morgan fingerprint density at radius 3 is 2.41 bits per heavy atom. The first-order valence-electron chi connectivity index (χ1n) is 12.1. The van der Waals surface area contributed by atoms with Crippen LogP contribution in [-0.4, -0.2) is 39.5 Å². The van der Waals surface area contributed by atoms with Crippen molar-refractivity contribution in [1.29, 1.82) is 0 Å². The normalized spacial score (nSPS) is 30.9. The number of allylic oxidation sites excluding steroid dienone is 4. The minimum atomic E-state index is -0.462. The van der Waals surface area contributed by atoms with Gasteiger partial charge in [-0.05, 0) is 67.6 Å². The monoisotopic (exact) mass is 515 g/mol. The highest BCUT2D eigenvalue weighted by Gasteiger charge is 2.59. The first-order valence-corrected chi connectivity index (χ1v) is 13.6. The Morgan fingerprint density at radius 2 is 1.82 bits per heavy atom. The van der Waals surface area contributed by atoms with Crippen molar-refractivity contribution in [3.63, 3.8) is 0 Å². The third-order valence-corrected chi connectivity index (χ3v) is 9.41. The largest absolute Gasteiger partial charge is 0.338 e. The van der Waals surface area contributed by atoms with Crippen LogP contribution >= 0.6 is 35.0 Å². The summed E-state index contributed by atoms with van der Waals surface area (Å²) in [5, 5.41) is 2.40. The molecule has 0 aromatic heterocycles. The zero-order valence-corrected chi connectivity index (χ0v) is 22.5. The minimum absolute atomic E-state index is 0.0616.